The third kappa shape index (κ3) is 1.68. The fourth-order valence-electron chi connectivity index (χ4n) is 1.07. The molecule has 0 N–H and O–H groups in total. The highest BCUT2D eigenvalue weighted by Gasteiger charge is 2.34. The predicted molar refractivity (Wildman–Crippen MR) is 52.5 cm³/mol. The lowest BCUT2D eigenvalue weighted by molar-refractivity contribution is -0.391. The van der Waals surface area contributed by atoms with Crippen molar-refractivity contribution < 1.29 is 4.92 Å². The van der Waals surface area contributed by atoms with Crippen LogP contribution in [0.1, 0.15) is 23.8 Å². The second kappa shape index (κ2) is 3.26. The van der Waals surface area contributed by atoms with Crippen molar-refractivity contribution in [2.24, 2.45) is 0 Å². The van der Waals surface area contributed by atoms with E-state index in [0.717, 1.165) is 22.1 Å². The Balaban J connectivity index is 2.36. The summed E-state index contributed by atoms with van der Waals surface area (Å²) in [5, 5.41) is 11.5. The van der Waals surface area contributed by atoms with Gasteiger partial charge in [-0.2, -0.15) is 0 Å². The van der Waals surface area contributed by atoms with Gasteiger partial charge in [0.25, 0.3) is 0 Å². The molecule has 1 saturated carbocycles. The van der Waals surface area contributed by atoms with E-state index in [-0.39, 0.29) is 5.82 Å². The first kappa shape index (κ1) is 8.96. The Labute approximate surface area is 83.5 Å². The number of rotatable bonds is 3. The summed E-state index contributed by atoms with van der Waals surface area (Å²) in [6.45, 7) is 0. The molecule has 1 aliphatic rings. The number of nitro groups is 1. The van der Waals surface area contributed by atoms with Crippen LogP contribution in [0.2, 0.25) is 0 Å². The van der Waals surface area contributed by atoms with Crippen LogP contribution in [0, 0.1) is 10.1 Å². The Bertz CT molecular complexity index is 346. The van der Waals surface area contributed by atoms with E-state index < -0.39 is 4.92 Å². The highest BCUT2D eigenvalue weighted by atomic mass is 32.2. The fourth-order valence-corrected chi connectivity index (χ4v) is 2.89. The maximum Gasteiger partial charge on any atom is 0.388 e. The fraction of sp³-hybridized carbons (Fsp3) is 0.571. The zero-order valence-electron chi connectivity index (χ0n) is 7.02. The molecule has 0 aromatic carbocycles. The van der Waals surface area contributed by atoms with Gasteiger partial charge in [0.1, 0.15) is 0 Å². The molecule has 0 radical (unpaired) electrons. The van der Waals surface area contributed by atoms with Gasteiger partial charge in [0.05, 0.1) is 0 Å². The lowest BCUT2D eigenvalue weighted by atomic mass is 10.5. The Hall–Kier alpha value is -0.620. The highest BCUT2D eigenvalue weighted by molar-refractivity contribution is 8.00. The Morgan fingerprint density at radius 2 is 2.38 bits per heavy atom. The molecule has 0 aliphatic heterocycles. The number of aromatic nitrogens is 1. The van der Waals surface area contributed by atoms with Gasteiger partial charge in [0, 0.05) is 5.92 Å². The topological polar surface area (TPSA) is 56.0 Å². The van der Waals surface area contributed by atoms with Crippen molar-refractivity contribution >= 4 is 28.9 Å². The van der Waals surface area contributed by atoms with Gasteiger partial charge < -0.3 is 10.1 Å². The van der Waals surface area contributed by atoms with Crippen LogP contribution in [0.15, 0.2) is 4.21 Å². The minimum atomic E-state index is -0.395. The molecule has 2 rings (SSSR count). The van der Waals surface area contributed by atoms with E-state index in [2.05, 4.69) is 4.98 Å². The molecule has 1 aromatic heterocycles. The molecule has 6 heteroatoms. The molecule has 13 heavy (non-hydrogen) atoms. The lowest BCUT2D eigenvalue weighted by Gasteiger charge is -1.88. The van der Waals surface area contributed by atoms with Crippen molar-refractivity contribution in [2.75, 3.05) is 6.26 Å². The van der Waals surface area contributed by atoms with E-state index in [1.807, 2.05) is 6.26 Å². The molecule has 0 atom stereocenters. The van der Waals surface area contributed by atoms with E-state index in [9.17, 15) is 10.1 Å². The molecular formula is C7H8N2O2S2. The normalized spacial score (nSPS) is 16.1. The molecule has 1 aliphatic carbocycles. The predicted octanol–water partition coefficient (Wildman–Crippen LogP) is 2.65. The smallest absolute Gasteiger partial charge is 0.358 e. The van der Waals surface area contributed by atoms with Crippen LogP contribution in [0.5, 0.6) is 0 Å². The Morgan fingerprint density at radius 1 is 1.69 bits per heavy atom. The number of nitrogens with zero attached hydrogens (tertiary/aromatic N) is 2. The number of thiazole rings is 1. The third-order valence-corrected chi connectivity index (χ3v) is 4.19. The van der Waals surface area contributed by atoms with Gasteiger partial charge in [0.2, 0.25) is 5.01 Å². The zero-order chi connectivity index (χ0) is 9.42. The standard InChI is InChI=1S/C7H8N2O2S2/c1-12-7-5(9(10)11)8-6(13-7)4-2-3-4/h4H,2-3H2,1H3. The van der Waals surface area contributed by atoms with Crippen molar-refractivity contribution in [1.29, 1.82) is 0 Å². The van der Waals surface area contributed by atoms with Crippen molar-refractivity contribution in [2.45, 2.75) is 23.0 Å². The van der Waals surface area contributed by atoms with Crippen molar-refractivity contribution in [3.05, 3.63) is 15.1 Å². The summed E-state index contributed by atoms with van der Waals surface area (Å²) in [5.74, 6) is 0.545. The van der Waals surface area contributed by atoms with Gasteiger partial charge >= 0.3 is 5.82 Å². The minimum Gasteiger partial charge on any atom is -0.358 e. The minimum absolute atomic E-state index is 0.0411. The first-order valence-corrected chi connectivity index (χ1v) is 5.95. The number of thioether (sulfide) groups is 1. The lowest BCUT2D eigenvalue weighted by Crippen LogP contribution is -1.89. The van der Waals surface area contributed by atoms with Crippen molar-refractivity contribution in [1.82, 2.24) is 4.98 Å². The van der Waals surface area contributed by atoms with Crippen LogP contribution in [-0.4, -0.2) is 16.2 Å². The van der Waals surface area contributed by atoms with E-state index in [4.69, 9.17) is 0 Å². The second-order valence-corrected chi connectivity index (χ2v) is 5.00. The van der Waals surface area contributed by atoms with Crippen molar-refractivity contribution in [3.8, 4) is 0 Å². The third-order valence-electron chi connectivity index (χ3n) is 1.88. The summed E-state index contributed by atoms with van der Waals surface area (Å²) < 4.78 is 0.729. The first-order valence-electron chi connectivity index (χ1n) is 3.91. The molecule has 1 aromatic rings. The van der Waals surface area contributed by atoms with E-state index in [1.54, 1.807) is 0 Å². The molecule has 0 saturated heterocycles. The van der Waals surface area contributed by atoms with E-state index in [1.165, 1.54) is 23.1 Å². The largest absolute Gasteiger partial charge is 0.388 e. The van der Waals surface area contributed by atoms with Gasteiger partial charge in [-0.1, -0.05) is 11.3 Å². The SMILES string of the molecule is CSc1sc(C2CC2)nc1[N+](=O)[O-]. The molecule has 4 nitrogen and oxygen atoms in total. The van der Waals surface area contributed by atoms with Gasteiger partial charge in [-0.3, -0.25) is 0 Å². The average Bonchev–Trinajstić information content (AvgIpc) is 2.84. The maximum atomic E-state index is 10.6. The number of hydrogen-bond donors (Lipinski definition) is 0. The van der Waals surface area contributed by atoms with E-state index in [0.29, 0.717) is 5.92 Å². The van der Waals surface area contributed by atoms with Gasteiger partial charge in [-0.05, 0) is 29.0 Å². The van der Waals surface area contributed by atoms with Crippen LogP contribution in [-0.2, 0) is 0 Å². The maximum absolute atomic E-state index is 10.6. The van der Waals surface area contributed by atoms with Crippen molar-refractivity contribution in [3.63, 3.8) is 0 Å². The van der Waals surface area contributed by atoms with Gasteiger partial charge in [-0.25, -0.2) is 0 Å². The van der Waals surface area contributed by atoms with E-state index >= 15 is 0 Å². The summed E-state index contributed by atoms with van der Waals surface area (Å²) in [6.07, 6.45) is 4.12. The Kier molecular flexibility index (Phi) is 2.25. The van der Waals surface area contributed by atoms with Crippen LogP contribution >= 0.6 is 23.1 Å². The summed E-state index contributed by atoms with van der Waals surface area (Å²) in [6, 6.07) is 0. The van der Waals surface area contributed by atoms with Crippen LogP contribution in [0.4, 0.5) is 5.82 Å². The summed E-state index contributed by atoms with van der Waals surface area (Å²) in [5.41, 5.74) is 0. The van der Waals surface area contributed by atoms with Crippen LogP contribution in [0.25, 0.3) is 0 Å². The summed E-state index contributed by atoms with van der Waals surface area (Å²) in [7, 11) is 0. The van der Waals surface area contributed by atoms with Crippen LogP contribution in [0.3, 0.4) is 0 Å². The molecular weight excluding hydrogens is 208 g/mol. The second-order valence-electron chi connectivity index (χ2n) is 2.90. The van der Waals surface area contributed by atoms with Gasteiger partial charge in [0.15, 0.2) is 4.21 Å². The van der Waals surface area contributed by atoms with Gasteiger partial charge in [-0.15, -0.1) is 11.8 Å². The molecule has 1 fully saturated rings. The molecule has 1 heterocycles. The molecule has 70 valence electrons. The zero-order valence-corrected chi connectivity index (χ0v) is 8.65. The average molecular weight is 216 g/mol. The quantitative estimate of drug-likeness (QED) is 0.443. The highest BCUT2D eigenvalue weighted by Crippen LogP contribution is 2.45. The Morgan fingerprint density at radius 3 is 2.77 bits per heavy atom. The van der Waals surface area contributed by atoms with Crippen LogP contribution < -0.4 is 0 Å². The monoisotopic (exact) mass is 216 g/mol. The molecule has 0 bridgehead atoms. The first-order chi connectivity index (χ1) is 6.22. The molecule has 0 amide bonds. The molecule has 0 unspecified atom stereocenters. The summed E-state index contributed by atoms with van der Waals surface area (Å²) >= 11 is 2.87. The molecule has 0 spiro atoms. The number of hydrogen-bond acceptors (Lipinski definition) is 5. The summed E-state index contributed by atoms with van der Waals surface area (Å²) in [4.78, 5) is 14.2.